The van der Waals surface area contributed by atoms with Gasteiger partial charge in [-0.3, -0.25) is 14.9 Å². The Hall–Kier alpha value is -1.95. The lowest BCUT2D eigenvalue weighted by molar-refractivity contribution is -0.386. The van der Waals surface area contributed by atoms with Gasteiger partial charge in [0.05, 0.1) is 10.5 Å². The summed E-state index contributed by atoms with van der Waals surface area (Å²) >= 11 is 0. The molecule has 0 aliphatic heterocycles. The van der Waals surface area contributed by atoms with E-state index < -0.39 is 10.5 Å². The van der Waals surface area contributed by atoms with Gasteiger partial charge in [-0.05, 0) is 24.3 Å². The van der Waals surface area contributed by atoms with E-state index in [9.17, 15) is 20.0 Å². The van der Waals surface area contributed by atoms with Gasteiger partial charge in [-0.15, -0.1) is 0 Å². The maximum atomic E-state index is 12.6. The molecule has 0 saturated heterocycles. The van der Waals surface area contributed by atoms with Gasteiger partial charge in [-0.25, -0.2) is 0 Å². The van der Waals surface area contributed by atoms with Crippen molar-refractivity contribution in [3.63, 3.8) is 0 Å². The molecule has 0 aromatic heterocycles. The smallest absolute Gasteiger partial charge is 0.273 e. The van der Waals surface area contributed by atoms with E-state index in [0.717, 1.165) is 12.8 Å². The summed E-state index contributed by atoms with van der Waals surface area (Å²) < 4.78 is 0. The molecule has 132 valence electrons. The summed E-state index contributed by atoms with van der Waals surface area (Å²) in [6.07, 6.45) is 3.30. The third kappa shape index (κ3) is 3.93. The highest BCUT2D eigenvalue weighted by atomic mass is 16.6. The first kappa shape index (κ1) is 18.4. The van der Waals surface area contributed by atoms with Crippen molar-refractivity contribution in [1.29, 1.82) is 0 Å². The fraction of sp³-hybridized carbons (Fsp3) is 0.611. The van der Waals surface area contributed by atoms with Gasteiger partial charge >= 0.3 is 0 Å². The Morgan fingerprint density at radius 1 is 1.33 bits per heavy atom. The largest absolute Gasteiger partial charge is 0.388 e. The van der Waals surface area contributed by atoms with Gasteiger partial charge in [0, 0.05) is 30.8 Å². The minimum Gasteiger partial charge on any atom is -0.388 e. The third-order valence-electron chi connectivity index (χ3n) is 4.66. The number of nitro benzene ring substituents is 1. The minimum absolute atomic E-state index is 0.0404. The summed E-state index contributed by atoms with van der Waals surface area (Å²) in [6.45, 7) is 5.95. The molecule has 0 spiro atoms. The third-order valence-corrected chi connectivity index (χ3v) is 4.66. The van der Waals surface area contributed by atoms with Crippen LogP contribution in [0.4, 0.5) is 5.69 Å². The van der Waals surface area contributed by atoms with Gasteiger partial charge in [0.15, 0.2) is 0 Å². The van der Waals surface area contributed by atoms with Crippen LogP contribution in [0.5, 0.6) is 0 Å². The fourth-order valence-electron chi connectivity index (χ4n) is 3.37. The zero-order chi connectivity index (χ0) is 18.1. The molecule has 1 fully saturated rings. The number of amides is 1. The number of likely N-dealkylation sites (N-methyl/N-ethyl adjacent to an activating group) is 1. The lowest BCUT2D eigenvalue weighted by Crippen LogP contribution is -2.42. The first-order chi connectivity index (χ1) is 11.0. The van der Waals surface area contributed by atoms with Crippen molar-refractivity contribution in [2.45, 2.75) is 57.5 Å². The number of hydrogen-bond donors (Lipinski definition) is 1. The molecule has 1 aromatic rings. The summed E-state index contributed by atoms with van der Waals surface area (Å²) in [6, 6.07) is 4.63. The van der Waals surface area contributed by atoms with Crippen LogP contribution in [0.2, 0.25) is 0 Å². The van der Waals surface area contributed by atoms with E-state index in [0.29, 0.717) is 18.4 Å². The maximum Gasteiger partial charge on any atom is 0.273 e. The molecule has 1 saturated carbocycles. The molecule has 1 N–H and O–H groups in total. The molecule has 6 heteroatoms. The van der Waals surface area contributed by atoms with Crippen LogP contribution in [0.15, 0.2) is 18.2 Å². The zero-order valence-electron chi connectivity index (χ0n) is 14.8. The van der Waals surface area contributed by atoms with E-state index in [2.05, 4.69) is 0 Å². The molecule has 0 atom stereocenters. The summed E-state index contributed by atoms with van der Waals surface area (Å²) in [5.74, 6) is -0.307. The average molecular weight is 334 g/mol. The van der Waals surface area contributed by atoms with Gasteiger partial charge in [0.1, 0.15) is 0 Å². The van der Waals surface area contributed by atoms with Crippen molar-refractivity contribution >= 4 is 11.6 Å². The highest BCUT2D eigenvalue weighted by Gasteiger charge is 2.34. The van der Waals surface area contributed by atoms with E-state index in [1.54, 1.807) is 19.2 Å². The second-order valence-electron chi connectivity index (χ2n) is 7.83. The Bertz CT molecular complexity index is 643. The average Bonchev–Trinajstić information content (AvgIpc) is 2.91. The molecule has 6 nitrogen and oxygen atoms in total. The summed E-state index contributed by atoms with van der Waals surface area (Å²) in [7, 11) is 1.63. The van der Waals surface area contributed by atoms with Gasteiger partial charge in [0.2, 0.25) is 0 Å². The molecule has 2 rings (SSSR count). The Morgan fingerprint density at radius 2 is 1.92 bits per heavy atom. The second-order valence-corrected chi connectivity index (χ2v) is 7.83. The topological polar surface area (TPSA) is 83.7 Å². The van der Waals surface area contributed by atoms with Crippen molar-refractivity contribution in [1.82, 2.24) is 4.90 Å². The normalized spacial score (nSPS) is 16.9. The van der Waals surface area contributed by atoms with Gasteiger partial charge in [0.25, 0.3) is 11.6 Å². The molecule has 1 amide bonds. The summed E-state index contributed by atoms with van der Waals surface area (Å²) in [5, 5.41) is 21.8. The highest BCUT2D eigenvalue weighted by molar-refractivity contribution is 5.95. The Balaban J connectivity index is 2.26. The van der Waals surface area contributed by atoms with Crippen LogP contribution in [0.3, 0.4) is 0 Å². The van der Waals surface area contributed by atoms with Crippen molar-refractivity contribution in [3.8, 4) is 0 Å². The van der Waals surface area contributed by atoms with Gasteiger partial charge in [-0.2, -0.15) is 0 Å². The van der Waals surface area contributed by atoms with Crippen LogP contribution in [-0.2, 0) is 5.41 Å². The Kier molecular flexibility index (Phi) is 4.99. The first-order valence-corrected chi connectivity index (χ1v) is 8.30. The minimum atomic E-state index is -0.832. The molecule has 24 heavy (non-hydrogen) atoms. The zero-order valence-corrected chi connectivity index (χ0v) is 14.8. The Morgan fingerprint density at radius 3 is 2.42 bits per heavy atom. The number of hydrogen-bond acceptors (Lipinski definition) is 4. The van der Waals surface area contributed by atoms with E-state index in [1.165, 1.54) is 11.0 Å². The molecule has 1 aliphatic rings. The SMILES string of the molecule is CN(CC1(O)CCCC1)C(=O)c1ccc(C(C)(C)C)c([N+](=O)[O-])c1. The van der Waals surface area contributed by atoms with Crippen molar-refractivity contribution in [3.05, 3.63) is 39.4 Å². The summed E-state index contributed by atoms with van der Waals surface area (Å²) in [4.78, 5) is 25.0. The quantitative estimate of drug-likeness (QED) is 0.676. The lowest BCUT2D eigenvalue weighted by Gasteiger charge is -2.28. The fourth-order valence-corrected chi connectivity index (χ4v) is 3.37. The lowest BCUT2D eigenvalue weighted by atomic mass is 9.85. The van der Waals surface area contributed by atoms with E-state index in [4.69, 9.17) is 0 Å². The number of rotatable bonds is 4. The molecule has 0 unspecified atom stereocenters. The first-order valence-electron chi connectivity index (χ1n) is 8.30. The van der Waals surface area contributed by atoms with Crippen LogP contribution >= 0.6 is 0 Å². The van der Waals surface area contributed by atoms with Gasteiger partial charge in [-0.1, -0.05) is 39.7 Å². The standard InChI is InChI=1S/C18H26N2O4/c1-17(2,3)14-8-7-13(11-15(14)20(23)24)16(21)19(4)12-18(22)9-5-6-10-18/h7-8,11,22H,5-6,9-10,12H2,1-4H3. The predicted molar refractivity (Wildman–Crippen MR) is 92.2 cm³/mol. The molecule has 1 aromatic carbocycles. The number of aliphatic hydroxyl groups is 1. The number of nitro groups is 1. The number of carbonyl (C=O) groups is 1. The molecule has 0 heterocycles. The molecule has 0 bridgehead atoms. The van der Waals surface area contributed by atoms with Crippen LogP contribution in [-0.4, -0.2) is 40.0 Å². The van der Waals surface area contributed by atoms with E-state index >= 15 is 0 Å². The van der Waals surface area contributed by atoms with Crippen LogP contribution in [0, 0.1) is 10.1 Å². The van der Waals surface area contributed by atoms with Crippen LogP contribution in [0.1, 0.15) is 62.4 Å². The van der Waals surface area contributed by atoms with E-state index in [-0.39, 0.29) is 29.1 Å². The van der Waals surface area contributed by atoms with Crippen LogP contribution < -0.4 is 0 Å². The maximum absolute atomic E-state index is 12.6. The van der Waals surface area contributed by atoms with Crippen molar-refractivity contribution < 1.29 is 14.8 Å². The molecular formula is C18H26N2O4. The van der Waals surface area contributed by atoms with E-state index in [1.807, 2.05) is 20.8 Å². The van der Waals surface area contributed by atoms with Crippen molar-refractivity contribution in [2.24, 2.45) is 0 Å². The monoisotopic (exact) mass is 334 g/mol. The molecule has 0 radical (unpaired) electrons. The van der Waals surface area contributed by atoms with Crippen LogP contribution in [0.25, 0.3) is 0 Å². The number of nitrogens with zero attached hydrogens (tertiary/aromatic N) is 2. The highest BCUT2D eigenvalue weighted by Crippen LogP contribution is 2.33. The predicted octanol–water partition coefficient (Wildman–Crippen LogP) is 3.27. The molecular weight excluding hydrogens is 308 g/mol. The summed E-state index contributed by atoms with van der Waals surface area (Å²) in [5.41, 5.74) is -0.377. The second kappa shape index (κ2) is 6.51. The molecule has 1 aliphatic carbocycles. The number of benzene rings is 1. The Labute approximate surface area is 142 Å². The van der Waals surface area contributed by atoms with Gasteiger partial charge < -0.3 is 10.0 Å². The van der Waals surface area contributed by atoms with Crippen molar-refractivity contribution in [2.75, 3.05) is 13.6 Å². The number of carbonyl (C=O) groups excluding carboxylic acids is 1.